The van der Waals surface area contributed by atoms with Gasteiger partial charge in [0.15, 0.2) is 0 Å². The Bertz CT molecular complexity index is 1080. The number of ether oxygens (including phenoxy) is 2. The highest BCUT2D eigenvalue weighted by atomic mass is 35.5. The van der Waals surface area contributed by atoms with Crippen LogP contribution in [-0.4, -0.2) is 20.1 Å². The van der Waals surface area contributed by atoms with Crippen LogP contribution in [-0.2, 0) is 4.79 Å². The molecule has 0 saturated heterocycles. The highest BCUT2D eigenvalue weighted by Gasteiger charge is 2.12. The number of nitrogens with one attached hydrogen (secondary N) is 1. The molecule has 0 fully saturated rings. The van der Waals surface area contributed by atoms with E-state index in [4.69, 9.17) is 48.7 Å². The van der Waals surface area contributed by atoms with E-state index in [1.807, 2.05) is 0 Å². The van der Waals surface area contributed by atoms with Gasteiger partial charge in [-0.3, -0.25) is 4.79 Å². The highest BCUT2D eigenvalue weighted by molar-refractivity contribution is 6.43. The van der Waals surface area contributed by atoms with E-state index in [1.165, 1.54) is 26.4 Å². The number of amides is 1. The fraction of sp³-hybridized carbons (Fsp3) is 0.0952. The number of hydrogen-bond donors (Lipinski definition) is 1. The van der Waals surface area contributed by atoms with E-state index in [0.29, 0.717) is 49.3 Å². The molecule has 1 heterocycles. The molecule has 0 unspecified atom stereocenters. The molecule has 0 aliphatic rings. The molecule has 3 rings (SSSR count). The molecule has 8 heteroatoms. The Morgan fingerprint density at radius 3 is 2.48 bits per heavy atom. The predicted octanol–water partition coefficient (Wildman–Crippen LogP) is 6.58. The molecule has 0 aliphatic carbocycles. The third kappa shape index (κ3) is 4.88. The molecule has 3 aromatic rings. The maximum absolute atomic E-state index is 12.3. The molecule has 2 aromatic carbocycles. The molecular weight excluding hydrogens is 437 g/mol. The predicted molar refractivity (Wildman–Crippen MR) is 116 cm³/mol. The molecule has 0 atom stereocenters. The van der Waals surface area contributed by atoms with E-state index in [9.17, 15) is 4.79 Å². The summed E-state index contributed by atoms with van der Waals surface area (Å²) in [5.41, 5.74) is 1.09. The van der Waals surface area contributed by atoms with Crippen molar-refractivity contribution < 1.29 is 18.7 Å². The maximum Gasteiger partial charge on any atom is 0.248 e. The van der Waals surface area contributed by atoms with Crippen LogP contribution in [0, 0.1) is 0 Å². The standard InChI is InChI=1S/C21H16Cl3NO4/c1-27-18-11-16(19(28-2)10-15(18)23)25-20(26)9-7-12-6-8-17(29-12)13-4-3-5-14(22)21(13)24/h3-11H,1-2H3,(H,25,26). The molecule has 0 bridgehead atoms. The summed E-state index contributed by atoms with van der Waals surface area (Å²) in [6.07, 6.45) is 2.87. The summed E-state index contributed by atoms with van der Waals surface area (Å²) in [6, 6.07) is 11.9. The van der Waals surface area contributed by atoms with Crippen LogP contribution in [0.3, 0.4) is 0 Å². The summed E-state index contributed by atoms with van der Waals surface area (Å²) in [5, 5.41) is 3.93. The van der Waals surface area contributed by atoms with Crippen LogP contribution in [0.4, 0.5) is 5.69 Å². The molecule has 0 saturated carbocycles. The zero-order chi connectivity index (χ0) is 21.0. The summed E-state index contributed by atoms with van der Waals surface area (Å²) in [4.78, 5) is 12.3. The smallest absolute Gasteiger partial charge is 0.248 e. The Labute approximate surface area is 182 Å². The fourth-order valence-electron chi connectivity index (χ4n) is 2.57. The normalized spacial score (nSPS) is 10.9. The van der Waals surface area contributed by atoms with E-state index in [0.717, 1.165) is 0 Å². The van der Waals surface area contributed by atoms with Gasteiger partial charge in [0.25, 0.3) is 0 Å². The quantitative estimate of drug-likeness (QED) is 0.429. The molecule has 29 heavy (non-hydrogen) atoms. The lowest BCUT2D eigenvalue weighted by Crippen LogP contribution is -2.09. The van der Waals surface area contributed by atoms with Crippen LogP contribution in [0.1, 0.15) is 5.76 Å². The second-order valence-corrected chi connectivity index (χ2v) is 7.01. The Hall–Kier alpha value is -2.60. The Kier molecular flexibility index (Phi) is 6.75. The number of furan rings is 1. The Morgan fingerprint density at radius 2 is 1.76 bits per heavy atom. The minimum Gasteiger partial charge on any atom is -0.495 e. The number of rotatable bonds is 6. The first-order valence-corrected chi connectivity index (χ1v) is 9.51. The van der Waals surface area contributed by atoms with Crippen LogP contribution in [0.2, 0.25) is 15.1 Å². The first kappa shape index (κ1) is 21.1. The van der Waals surface area contributed by atoms with E-state index in [2.05, 4.69) is 5.32 Å². The van der Waals surface area contributed by atoms with Gasteiger partial charge in [-0.2, -0.15) is 0 Å². The van der Waals surface area contributed by atoms with Crippen LogP contribution in [0.15, 0.2) is 53.0 Å². The van der Waals surface area contributed by atoms with Gasteiger partial charge in [-0.15, -0.1) is 0 Å². The van der Waals surface area contributed by atoms with E-state index in [1.54, 1.807) is 42.5 Å². The van der Waals surface area contributed by atoms with Gasteiger partial charge >= 0.3 is 0 Å². The van der Waals surface area contributed by atoms with Gasteiger partial charge < -0.3 is 19.2 Å². The van der Waals surface area contributed by atoms with E-state index in [-0.39, 0.29) is 5.91 Å². The fourth-order valence-corrected chi connectivity index (χ4v) is 3.20. The monoisotopic (exact) mass is 451 g/mol. The Balaban J connectivity index is 1.75. The number of anilines is 1. The number of hydrogen-bond acceptors (Lipinski definition) is 4. The average Bonchev–Trinajstić information content (AvgIpc) is 3.18. The van der Waals surface area contributed by atoms with Crippen molar-refractivity contribution >= 4 is 52.5 Å². The lowest BCUT2D eigenvalue weighted by molar-refractivity contribution is -0.111. The lowest BCUT2D eigenvalue weighted by Gasteiger charge is -2.12. The first-order chi connectivity index (χ1) is 13.9. The summed E-state index contributed by atoms with van der Waals surface area (Å²) < 4.78 is 16.1. The van der Waals surface area contributed by atoms with Gasteiger partial charge in [0.05, 0.1) is 35.0 Å². The second kappa shape index (κ2) is 9.27. The summed E-state index contributed by atoms with van der Waals surface area (Å²) in [6.45, 7) is 0. The zero-order valence-electron chi connectivity index (χ0n) is 15.5. The molecular formula is C21H16Cl3NO4. The van der Waals surface area contributed by atoms with Crippen molar-refractivity contribution in [3.8, 4) is 22.8 Å². The van der Waals surface area contributed by atoms with Gasteiger partial charge in [0, 0.05) is 23.8 Å². The van der Waals surface area contributed by atoms with Crippen molar-refractivity contribution in [3.63, 3.8) is 0 Å². The molecule has 0 aliphatic heterocycles. The van der Waals surface area contributed by atoms with Crippen molar-refractivity contribution in [2.45, 2.75) is 0 Å². The molecule has 1 amide bonds. The SMILES string of the molecule is COc1cc(NC(=O)C=Cc2ccc(-c3cccc(Cl)c3Cl)o2)c(OC)cc1Cl. The highest BCUT2D eigenvalue weighted by Crippen LogP contribution is 2.36. The molecule has 0 radical (unpaired) electrons. The third-order valence-electron chi connectivity index (χ3n) is 3.97. The van der Waals surface area contributed by atoms with Crippen molar-refractivity contribution in [2.75, 3.05) is 19.5 Å². The summed E-state index contributed by atoms with van der Waals surface area (Å²) in [7, 11) is 2.97. The van der Waals surface area contributed by atoms with Gasteiger partial charge in [-0.25, -0.2) is 0 Å². The van der Waals surface area contributed by atoms with Crippen molar-refractivity contribution in [2.24, 2.45) is 0 Å². The Morgan fingerprint density at radius 1 is 1.00 bits per heavy atom. The maximum atomic E-state index is 12.3. The number of methoxy groups -OCH3 is 2. The van der Waals surface area contributed by atoms with Crippen LogP contribution in [0.5, 0.6) is 11.5 Å². The van der Waals surface area contributed by atoms with E-state index >= 15 is 0 Å². The zero-order valence-corrected chi connectivity index (χ0v) is 17.7. The van der Waals surface area contributed by atoms with Crippen molar-refractivity contribution in [1.29, 1.82) is 0 Å². The largest absolute Gasteiger partial charge is 0.495 e. The minimum absolute atomic E-state index is 0.376. The molecule has 5 nitrogen and oxygen atoms in total. The summed E-state index contributed by atoms with van der Waals surface area (Å²) in [5.74, 6) is 1.47. The number of benzene rings is 2. The van der Waals surface area contributed by atoms with Crippen LogP contribution in [0.25, 0.3) is 17.4 Å². The van der Waals surface area contributed by atoms with Gasteiger partial charge in [0.1, 0.15) is 23.0 Å². The molecule has 150 valence electrons. The van der Waals surface area contributed by atoms with Gasteiger partial charge in [0.2, 0.25) is 5.91 Å². The number of carbonyl (C=O) groups excluding carboxylic acids is 1. The average molecular weight is 453 g/mol. The molecule has 1 N–H and O–H groups in total. The second-order valence-electron chi connectivity index (χ2n) is 5.81. The molecule has 0 spiro atoms. The number of halogens is 3. The first-order valence-electron chi connectivity index (χ1n) is 8.37. The topological polar surface area (TPSA) is 60.7 Å². The third-order valence-corrected chi connectivity index (χ3v) is 5.09. The lowest BCUT2D eigenvalue weighted by atomic mass is 10.2. The molecule has 1 aromatic heterocycles. The van der Waals surface area contributed by atoms with Gasteiger partial charge in [-0.1, -0.05) is 40.9 Å². The summed E-state index contributed by atoms with van der Waals surface area (Å²) >= 11 is 18.3. The van der Waals surface area contributed by atoms with Crippen molar-refractivity contribution in [1.82, 2.24) is 0 Å². The number of carbonyl (C=O) groups is 1. The van der Waals surface area contributed by atoms with Crippen LogP contribution < -0.4 is 14.8 Å². The van der Waals surface area contributed by atoms with Crippen molar-refractivity contribution in [3.05, 3.63) is 69.4 Å². The van der Waals surface area contributed by atoms with E-state index < -0.39 is 0 Å². The van der Waals surface area contributed by atoms with Crippen LogP contribution >= 0.6 is 34.8 Å². The minimum atomic E-state index is -0.383. The van der Waals surface area contributed by atoms with Gasteiger partial charge in [-0.05, 0) is 30.3 Å².